The first-order chi connectivity index (χ1) is 9.42. The molecule has 20 heavy (non-hydrogen) atoms. The number of benzene rings is 1. The summed E-state index contributed by atoms with van der Waals surface area (Å²) in [6.07, 6.45) is 0. The molecule has 1 aromatic carbocycles. The minimum atomic E-state index is -0.249. The highest BCUT2D eigenvalue weighted by atomic mass is 16.4. The second-order valence-corrected chi connectivity index (χ2v) is 4.72. The first kappa shape index (κ1) is 15.8. The van der Waals surface area contributed by atoms with Crippen molar-refractivity contribution in [3.8, 4) is 5.75 Å². The van der Waals surface area contributed by atoms with Crippen LogP contribution in [-0.4, -0.2) is 40.0 Å². The molecule has 6 nitrogen and oxygen atoms in total. The molecule has 0 radical (unpaired) electrons. The Balaban J connectivity index is 2.95. The van der Waals surface area contributed by atoms with Crippen molar-refractivity contribution in [1.29, 1.82) is 0 Å². The van der Waals surface area contributed by atoms with Crippen molar-refractivity contribution in [2.45, 2.75) is 20.8 Å². The molecule has 6 heteroatoms. The number of carbonyl (C=O) groups is 1. The van der Waals surface area contributed by atoms with Crippen molar-refractivity contribution in [3.63, 3.8) is 0 Å². The van der Waals surface area contributed by atoms with Gasteiger partial charge in [-0.05, 0) is 26.0 Å². The Kier molecular flexibility index (Phi) is 5.37. The number of hydrogen-bond acceptors (Lipinski definition) is 4. The Hall–Kier alpha value is -2.24. The zero-order valence-corrected chi connectivity index (χ0v) is 12.0. The van der Waals surface area contributed by atoms with Gasteiger partial charge in [0.1, 0.15) is 11.6 Å². The van der Waals surface area contributed by atoms with Gasteiger partial charge >= 0.3 is 0 Å². The average Bonchev–Trinajstić information content (AvgIpc) is 2.45. The maximum Gasteiger partial charge on any atom is 0.254 e. The maximum absolute atomic E-state index is 12.5. The smallest absolute Gasteiger partial charge is 0.254 e. The number of oxime groups is 1. The van der Waals surface area contributed by atoms with E-state index in [0.717, 1.165) is 0 Å². The van der Waals surface area contributed by atoms with E-state index in [0.29, 0.717) is 24.2 Å². The number of amidine groups is 1. The van der Waals surface area contributed by atoms with Crippen LogP contribution in [0.4, 0.5) is 0 Å². The van der Waals surface area contributed by atoms with Crippen molar-refractivity contribution in [2.24, 2.45) is 16.8 Å². The Morgan fingerprint density at radius 2 is 2.15 bits per heavy atom. The van der Waals surface area contributed by atoms with Crippen LogP contribution in [0.3, 0.4) is 0 Å². The molecule has 0 aromatic heterocycles. The Labute approximate surface area is 118 Å². The number of amides is 1. The molecular weight excluding hydrogens is 258 g/mol. The predicted molar refractivity (Wildman–Crippen MR) is 77.0 cm³/mol. The third-order valence-corrected chi connectivity index (χ3v) is 3.32. The molecule has 0 aliphatic heterocycles. The van der Waals surface area contributed by atoms with E-state index in [9.17, 15) is 9.90 Å². The summed E-state index contributed by atoms with van der Waals surface area (Å²) in [6.45, 7) is 6.18. The number of aromatic hydroxyl groups is 1. The van der Waals surface area contributed by atoms with Crippen LogP contribution in [0, 0.1) is 12.8 Å². The van der Waals surface area contributed by atoms with Crippen molar-refractivity contribution < 1.29 is 15.1 Å². The number of hydrogen-bond donors (Lipinski definition) is 3. The van der Waals surface area contributed by atoms with Gasteiger partial charge in [-0.2, -0.15) is 0 Å². The third-order valence-electron chi connectivity index (χ3n) is 3.32. The van der Waals surface area contributed by atoms with Crippen LogP contribution in [0.5, 0.6) is 5.75 Å². The number of phenolic OH excluding ortho intramolecular Hbond substituents is 1. The SMILES string of the molecule is CCN(CC(C)/C(N)=N/O)C(=O)c1cccc(O)c1C. The lowest BCUT2D eigenvalue weighted by Crippen LogP contribution is -2.39. The van der Waals surface area contributed by atoms with E-state index in [1.807, 2.05) is 6.92 Å². The predicted octanol–water partition coefficient (Wildman–Crippen LogP) is 1.55. The largest absolute Gasteiger partial charge is 0.508 e. The van der Waals surface area contributed by atoms with Gasteiger partial charge in [-0.3, -0.25) is 4.79 Å². The van der Waals surface area contributed by atoms with Crippen LogP contribution < -0.4 is 5.73 Å². The van der Waals surface area contributed by atoms with E-state index >= 15 is 0 Å². The molecular formula is C14H21N3O3. The third kappa shape index (κ3) is 3.40. The molecule has 4 N–H and O–H groups in total. The van der Waals surface area contributed by atoms with E-state index in [-0.39, 0.29) is 23.4 Å². The van der Waals surface area contributed by atoms with Gasteiger partial charge in [-0.1, -0.05) is 18.1 Å². The quantitative estimate of drug-likeness (QED) is 0.329. The summed E-state index contributed by atoms with van der Waals surface area (Å²) in [6, 6.07) is 4.85. The van der Waals surface area contributed by atoms with E-state index in [4.69, 9.17) is 10.9 Å². The minimum absolute atomic E-state index is 0.0869. The maximum atomic E-state index is 12.5. The number of rotatable bonds is 5. The topological polar surface area (TPSA) is 99.1 Å². The second-order valence-electron chi connectivity index (χ2n) is 4.72. The van der Waals surface area contributed by atoms with E-state index < -0.39 is 0 Å². The molecule has 0 aliphatic rings. The Morgan fingerprint density at radius 3 is 2.70 bits per heavy atom. The van der Waals surface area contributed by atoms with Crippen LogP contribution in [0.2, 0.25) is 0 Å². The number of nitrogens with zero attached hydrogens (tertiary/aromatic N) is 2. The lowest BCUT2D eigenvalue weighted by molar-refractivity contribution is 0.0752. The van der Waals surface area contributed by atoms with Gasteiger partial charge in [0.25, 0.3) is 5.91 Å². The molecule has 1 unspecified atom stereocenters. The summed E-state index contributed by atoms with van der Waals surface area (Å²) in [7, 11) is 0. The van der Waals surface area contributed by atoms with E-state index in [2.05, 4.69) is 5.16 Å². The number of nitrogens with two attached hydrogens (primary N) is 1. The fourth-order valence-corrected chi connectivity index (χ4v) is 1.90. The highest BCUT2D eigenvalue weighted by Gasteiger charge is 2.21. The molecule has 1 aromatic rings. The van der Waals surface area contributed by atoms with Crippen molar-refractivity contribution in [1.82, 2.24) is 4.90 Å². The van der Waals surface area contributed by atoms with Crippen LogP contribution in [0.25, 0.3) is 0 Å². The zero-order valence-electron chi connectivity index (χ0n) is 12.0. The molecule has 1 rings (SSSR count). The summed E-state index contributed by atoms with van der Waals surface area (Å²) < 4.78 is 0. The van der Waals surface area contributed by atoms with Gasteiger partial charge < -0.3 is 20.9 Å². The molecule has 0 saturated heterocycles. The lowest BCUT2D eigenvalue weighted by atomic mass is 10.1. The fraction of sp³-hybridized carbons (Fsp3) is 0.429. The molecule has 0 heterocycles. The van der Waals surface area contributed by atoms with Gasteiger partial charge in [0.2, 0.25) is 0 Å². The molecule has 0 fully saturated rings. The Morgan fingerprint density at radius 1 is 1.50 bits per heavy atom. The van der Waals surface area contributed by atoms with Gasteiger partial charge in [0, 0.05) is 30.1 Å². The first-order valence-electron chi connectivity index (χ1n) is 6.47. The zero-order chi connectivity index (χ0) is 15.3. The van der Waals surface area contributed by atoms with Gasteiger partial charge in [-0.25, -0.2) is 0 Å². The molecule has 110 valence electrons. The van der Waals surface area contributed by atoms with E-state index in [1.165, 1.54) is 0 Å². The van der Waals surface area contributed by atoms with Crippen molar-refractivity contribution in [2.75, 3.05) is 13.1 Å². The van der Waals surface area contributed by atoms with Gasteiger partial charge in [0.05, 0.1) is 0 Å². The molecule has 1 atom stereocenters. The second kappa shape index (κ2) is 6.79. The van der Waals surface area contributed by atoms with Crippen molar-refractivity contribution in [3.05, 3.63) is 29.3 Å². The average molecular weight is 279 g/mol. The van der Waals surface area contributed by atoms with Crippen molar-refractivity contribution >= 4 is 11.7 Å². The highest BCUT2D eigenvalue weighted by molar-refractivity contribution is 5.96. The Bertz CT molecular complexity index is 514. The highest BCUT2D eigenvalue weighted by Crippen LogP contribution is 2.21. The number of phenols is 1. The molecule has 0 aliphatic carbocycles. The minimum Gasteiger partial charge on any atom is -0.508 e. The normalized spacial score (nSPS) is 13.1. The summed E-state index contributed by atoms with van der Waals surface area (Å²) in [4.78, 5) is 14.1. The number of carbonyl (C=O) groups excluding carboxylic acids is 1. The van der Waals surface area contributed by atoms with Crippen LogP contribution in [-0.2, 0) is 0 Å². The van der Waals surface area contributed by atoms with Crippen LogP contribution >= 0.6 is 0 Å². The van der Waals surface area contributed by atoms with E-state index in [1.54, 1.807) is 36.9 Å². The summed E-state index contributed by atoms with van der Waals surface area (Å²) >= 11 is 0. The van der Waals surface area contributed by atoms with Gasteiger partial charge in [0.15, 0.2) is 0 Å². The fourth-order valence-electron chi connectivity index (χ4n) is 1.90. The summed E-state index contributed by atoms with van der Waals surface area (Å²) in [5.74, 6) is -0.250. The monoisotopic (exact) mass is 279 g/mol. The van der Waals surface area contributed by atoms with Crippen LogP contribution in [0.15, 0.2) is 23.4 Å². The molecule has 0 bridgehead atoms. The standard InChI is InChI=1S/C14H21N3O3/c1-4-17(8-9(2)13(15)16-20)14(19)11-6-5-7-12(18)10(11)3/h5-7,9,18,20H,4,8H2,1-3H3,(H2,15,16). The summed E-state index contributed by atoms with van der Waals surface area (Å²) in [5, 5.41) is 21.3. The van der Waals surface area contributed by atoms with Crippen LogP contribution in [0.1, 0.15) is 29.8 Å². The first-order valence-corrected chi connectivity index (χ1v) is 6.47. The molecule has 0 saturated carbocycles. The summed E-state index contributed by atoms with van der Waals surface area (Å²) in [5.41, 5.74) is 6.54. The molecule has 1 amide bonds. The molecule has 0 spiro atoms. The van der Waals surface area contributed by atoms with Gasteiger partial charge in [-0.15, -0.1) is 0 Å². The lowest BCUT2D eigenvalue weighted by Gasteiger charge is -2.25.